The van der Waals surface area contributed by atoms with Crippen LogP contribution in [-0.4, -0.2) is 57.8 Å². The average Bonchev–Trinajstić information content (AvgIpc) is 3.25. The molecule has 7 heteroatoms. The molecule has 2 fully saturated rings. The predicted octanol–water partition coefficient (Wildman–Crippen LogP) is 3.70. The second-order valence-corrected chi connectivity index (χ2v) is 10.7. The van der Waals surface area contributed by atoms with Gasteiger partial charge in [0.25, 0.3) is 0 Å². The smallest absolute Gasteiger partial charge is 0.228 e. The zero-order chi connectivity index (χ0) is 24.8. The molecule has 2 atom stereocenters. The maximum Gasteiger partial charge on any atom is 0.228 e. The van der Waals surface area contributed by atoms with E-state index in [2.05, 4.69) is 60.0 Å². The number of hydrogen-bond acceptors (Lipinski definition) is 6. The van der Waals surface area contributed by atoms with Crippen LogP contribution in [0, 0.1) is 5.41 Å². The summed E-state index contributed by atoms with van der Waals surface area (Å²) in [5.74, 6) is 0.880. The molecule has 3 aromatic rings. The van der Waals surface area contributed by atoms with E-state index in [0.29, 0.717) is 30.3 Å². The highest BCUT2D eigenvalue weighted by Gasteiger charge is 2.55. The standard InChI is InChI=1S/C28H33N5O2/c1-19(2)20-8-10-22(11-9-20)28(35,27(3)17-32(4)18-27)23-14-25(31-30-15-23)33-16-21(13-26(33)34)24-7-5-6-12-29-24/h5-12,14-15,19,21,35H,13,16-18H2,1-4H3/t21?,28-/m0/s1. The monoisotopic (exact) mass is 471 g/mol. The van der Waals surface area contributed by atoms with Gasteiger partial charge < -0.3 is 10.0 Å². The first-order valence-corrected chi connectivity index (χ1v) is 12.3. The van der Waals surface area contributed by atoms with Gasteiger partial charge in [0.15, 0.2) is 5.82 Å². The summed E-state index contributed by atoms with van der Waals surface area (Å²) < 4.78 is 0. The zero-order valence-electron chi connectivity index (χ0n) is 20.8. The molecule has 1 amide bonds. The summed E-state index contributed by atoms with van der Waals surface area (Å²) in [5, 5.41) is 21.0. The summed E-state index contributed by atoms with van der Waals surface area (Å²) >= 11 is 0. The number of rotatable bonds is 6. The van der Waals surface area contributed by atoms with Gasteiger partial charge in [0, 0.05) is 54.8 Å². The Kier molecular flexibility index (Phi) is 5.93. The molecule has 2 saturated heterocycles. The molecule has 1 unspecified atom stereocenters. The van der Waals surface area contributed by atoms with Crippen molar-refractivity contribution in [2.45, 2.75) is 44.6 Å². The Morgan fingerprint density at radius 2 is 1.86 bits per heavy atom. The van der Waals surface area contributed by atoms with Gasteiger partial charge in [0.2, 0.25) is 5.91 Å². The minimum Gasteiger partial charge on any atom is -0.380 e. The molecule has 0 spiro atoms. The van der Waals surface area contributed by atoms with Gasteiger partial charge in [-0.25, -0.2) is 0 Å². The Bertz CT molecular complexity index is 1210. The molecule has 0 aliphatic carbocycles. The third-order valence-electron chi connectivity index (χ3n) is 7.67. The van der Waals surface area contributed by atoms with Crippen molar-refractivity contribution in [1.82, 2.24) is 20.1 Å². The van der Waals surface area contributed by atoms with Crippen molar-refractivity contribution in [3.8, 4) is 0 Å². The van der Waals surface area contributed by atoms with Crippen LogP contribution in [0.15, 0.2) is 60.9 Å². The molecule has 35 heavy (non-hydrogen) atoms. The van der Waals surface area contributed by atoms with E-state index < -0.39 is 11.0 Å². The molecule has 0 radical (unpaired) electrons. The molecule has 5 rings (SSSR count). The Labute approximate surface area is 206 Å². The Balaban J connectivity index is 1.52. The number of nitrogens with zero attached hydrogens (tertiary/aromatic N) is 5. The van der Waals surface area contributed by atoms with Crippen molar-refractivity contribution in [1.29, 1.82) is 0 Å². The van der Waals surface area contributed by atoms with Crippen LogP contribution < -0.4 is 4.90 Å². The SMILES string of the molecule is CC(C)c1ccc([C@](O)(c2cnnc(N3CC(c4ccccn4)CC3=O)c2)C2(C)CN(C)C2)cc1. The van der Waals surface area contributed by atoms with E-state index in [1.165, 1.54) is 5.56 Å². The molecule has 1 aromatic carbocycles. The lowest BCUT2D eigenvalue weighted by Crippen LogP contribution is -2.63. The summed E-state index contributed by atoms with van der Waals surface area (Å²) in [5.41, 5.74) is 1.93. The lowest BCUT2D eigenvalue weighted by atomic mass is 9.62. The summed E-state index contributed by atoms with van der Waals surface area (Å²) in [4.78, 5) is 21.3. The molecule has 4 heterocycles. The molecule has 2 aliphatic heterocycles. The van der Waals surface area contributed by atoms with Gasteiger partial charge >= 0.3 is 0 Å². The maximum atomic E-state index is 13.0. The molecule has 7 nitrogen and oxygen atoms in total. The average molecular weight is 472 g/mol. The van der Waals surface area contributed by atoms with Crippen molar-refractivity contribution < 1.29 is 9.90 Å². The number of pyridine rings is 1. The third kappa shape index (κ3) is 4.02. The first-order chi connectivity index (χ1) is 16.7. The second kappa shape index (κ2) is 8.81. The molecular weight excluding hydrogens is 438 g/mol. The molecule has 2 aliphatic rings. The van der Waals surface area contributed by atoms with E-state index in [1.807, 2.05) is 36.4 Å². The van der Waals surface area contributed by atoms with E-state index in [-0.39, 0.29) is 11.8 Å². The van der Waals surface area contributed by atoms with Crippen molar-refractivity contribution in [2.24, 2.45) is 5.41 Å². The highest BCUT2D eigenvalue weighted by atomic mass is 16.3. The van der Waals surface area contributed by atoms with Crippen LogP contribution in [0.1, 0.15) is 61.4 Å². The van der Waals surface area contributed by atoms with Gasteiger partial charge in [0.05, 0.1) is 6.20 Å². The Morgan fingerprint density at radius 3 is 2.49 bits per heavy atom. The largest absolute Gasteiger partial charge is 0.380 e. The number of hydrogen-bond donors (Lipinski definition) is 1. The van der Waals surface area contributed by atoms with Gasteiger partial charge in [-0.2, -0.15) is 5.10 Å². The molecule has 2 aromatic heterocycles. The van der Waals surface area contributed by atoms with Crippen molar-refractivity contribution in [3.63, 3.8) is 0 Å². The fourth-order valence-electron chi connectivity index (χ4n) is 5.78. The van der Waals surface area contributed by atoms with Gasteiger partial charge in [0.1, 0.15) is 5.60 Å². The van der Waals surface area contributed by atoms with Gasteiger partial charge in [-0.05, 0) is 42.3 Å². The lowest BCUT2D eigenvalue weighted by Gasteiger charge is -2.55. The summed E-state index contributed by atoms with van der Waals surface area (Å²) in [6, 6.07) is 15.8. The predicted molar refractivity (Wildman–Crippen MR) is 135 cm³/mol. The first kappa shape index (κ1) is 23.6. The number of aliphatic hydroxyl groups is 1. The topological polar surface area (TPSA) is 82.5 Å². The van der Waals surface area contributed by atoms with Crippen LogP contribution >= 0.6 is 0 Å². The maximum absolute atomic E-state index is 13.0. The second-order valence-electron chi connectivity index (χ2n) is 10.7. The molecular formula is C28H33N5O2. The minimum absolute atomic E-state index is 0.00785. The van der Waals surface area contributed by atoms with Crippen LogP contribution in [0.4, 0.5) is 5.82 Å². The van der Waals surface area contributed by atoms with Crippen LogP contribution in [0.5, 0.6) is 0 Å². The number of likely N-dealkylation sites (tertiary alicyclic amines) is 1. The number of benzene rings is 1. The van der Waals surface area contributed by atoms with Gasteiger partial charge in [-0.3, -0.25) is 14.7 Å². The van der Waals surface area contributed by atoms with Crippen LogP contribution in [0.2, 0.25) is 0 Å². The molecule has 182 valence electrons. The minimum atomic E-state index is -1.27. The van der Waals surface area contributed by atoms with E-state index in [4.69, 9.17) is 0 Å². The van der Waals surface area contributed by atoms with Crippen molar-refractivity contribution >= 4 is 11.7 Å². The van der Waals surface area contributed by atoms with Crippen molar-refractivity contribution in [2.75, 3.05) is 31.6 Å². The quantitative estimate of drug-likeness (QED) is 0.590. The number of aromatic nitrogens is 3. The molecule has 0 saturated carbocycles. The number of anilines is 1. The van der Waals surface area contributed by atoms with Crippen LogP contribution in [-0.2, 0) is 10.4 Å². The first-order valence-electron chi connectivity index (χ1n) is 12.3. The van der Waals surface area contributed by atoms with Crippen LogP contribution in [0.25, 0.3) is 0 Å². The summed E-state index contributed by atoms with van der Waals surface area (Å²) in [6.07, 6.45) is 3.77. The number of carbonyl (C=O) groups excluding carboxylic acids is 1. The normalized spacial score (nSPS) is 21.7. The summed E-state index contributed by atoms with van der Waals surface area (Å²) in [6.45, 7) is 8.42. The van der Waals surface area contributed by atoms with E-state index in [1.54, 1.807) is 17.3 Å². The zero-order valence-corrected chi connectivity index (χ0v) is 20.8. The van der Waals surface area contributed by atoms with E-state index in [9.17, 15) is 9.90 Å². The molecule has 0 bridgehead atoms. The van der Waals surface area contributed by atoms with Gasteiger partial charge in [-0.15, -0.1) is 5.10 Å². The highest BCUT2D eigenvalue weighted by molar-refractivity contribution is 5.95. The third-order valence-corrected chi connectivity index (χ3v) is 7.67. The Morgan fingerprint density at radius 1 is 1.11 bits per heavy atom. The van der Waals surface area contributed by atoms with Crippen molar-refractivity contribution in [3.05, 3.63) is 83.3 Å². The fraction of sp³-hybridized carbons (Fsp3) is 0.429. The fourth-order valence-corrected chi connectivity index (χ4v) is 5.78. The summed E-state index contributed by atoms with van der Waals surface area (Å²) in [7, 11) is 2.06. The Hall–Kier alpha value is -3.16. The van der Waals surface area contributed by atoms with E-state index >= 15 is 0 Å². The number of amides is 1. The highest BCUT2D eigenvalue weighted by Crippen LogP contribution is 2.50. The molecule has 1 N–H and O–H groups in total. The van der Waals surface area contributed by atoms with Gasteiger partial charge in [-0.1, -0.05) is 51.1 Å². The lowest BCUT2D eigenvalue weighted by molar-refractivity contribution is -0.127. The van der Waals surface area contributed by atoms with Crippen LogP contribution in [0.3, 0.4) is 0 Å². The van der Waals surface area contributed by atoms with E-state index in [0.717, 1.165) is 24.3 Å². The number of carbonyl (C=O) groups is 1.